The van der Waals surface area contributed by atoms with Crippen molar-refractivity contribution in [2.24, 2.45) is 5.40 Å². The van der Waals surface area contributed by atoms with E-state index in [1.807, 2.05) is 0 Å². The average molecular weight is 93.3 g/mol. The Kier molecular flexibility index (Phi) is 22.1. The van der Waals surface area contributed by atoms with Crippen molar-refractivity contribution in [3.05, 3.63) is 0 Å². The van der Waals surface area contributed by atoms with E-state index < -0.39 is 0 Å². The first-order valence-corrected chi connectivity index (χ1v) is 7.59. The van der Waals surface area contributed by atoms with Gasteiger partial charge in [0, 0.05) is 9.76 Å². The van der Waals surface area contributed by atoms with Crippen LogP contribution in [0.25, 0.3) is 0 Å². The monoisotopic (exact) mass is 93.0 g/mol. The number of hydrogen-bond donors (Lipinski definition) is 1. The van der Waals surface area contributed by atoms with Crippen LogP contribution in [0.5, 0.6) is 0 Å². The van der Waals surface area contributed by atoms with Gasteiger partial charge in [0.1, 0.15) is 0 Å². The highest BCUT2D eigenvalue weighted by Gasteiger charge is 1.38. The second kappa shape index (κ2) is 10.0. The van der Waals surface area contributed by atoms with Gasteiger partial charge in [-0.2, -0.15) is 0 Å². The van der Waals surface area contributed by atoms with E-state index in [0.717, 1.165) is 0 Å². The zero-order valence-electron chi connectivity index (χ0n) is 2.28. The first-order chi connectivity index (χ1) is 1.41. The van der Waals surface area contributed by atoms with Crippen LogP contribution in [-0.2, 0) is 0 Å². The van der Waals surface area contributed by atoms with Crippen molar-refractivity contribution in [1.82, 2.24) is 0 Å². The molecule has 0 aromatic carbocycles. The van der Waals surface area contributed by atoms with E-state index in [0.29, 0.717) is 0 Å². The summed E-state index contributed by atoms with van der Waals surface area (Å²) in [5.74, 6) is 0. The number of rotatable bonds is 0. The summed E-state index contributed by atoms with van der Waals surface area (Å²) >= 11 is 0. The lowest BCUT2D eigenvalue weighted by Gasteiger charge is -1.49. The van der Waals surface area contributed by atoms with E-state index in [-0.39, 0.29) is 16.6 Å². The normalized spacial score (nSPS) is 8.25. The van der Waals surface area contributed by atoms with Crippen LogP contribution in [0.3, 0.4) is 0 Å². The van der Waals surface area contributed by atoms with Gasteiger partial charge in [-0.1, -0.05) is 7.43 Å². The van der Waals surface area contributed by atoms with Gasteiger partial charge in [-0.15, -0.1) is 0 Å². The Hall–Kier alpha value is 0.394. The Morgan fingerprint density at radius 3 is 1.75 bits per heavy atom. The van der Waals surface area contributed by atoms with Gasteiger partial charge in [0.05, 0.1) is 9.20 Å². The molecule has 0 aliphatic carbocycles. The maximum atomic E-state index is 5.05. The highest BCUT2D eigenvalue weighted by atomic mass is 29.1. The van der Waals surface area contributed by atoms with Crippen molar-refractivity contribution in [3.8, 4) is 0 Å². The lowest BCUT2D eigenvalue weighted by Crippen LogP contribution is -2.01. The molecule has 1 nitrogen and oxygen atoms in total. The average Bonchev–Trinajstić information content (AvgIpc) is 0.918. The fraction of sp³-hybridized carbons (Fsp3) is 1.00. The molecule has 0 amide bonds. The SMILES string of the molecule is C.N[SiH2][SiH3]. The van der Waals surface area contributed by atoms with Gasteiger partial charge in [0.2, 0.25) is 0 Å². The molecule has 0 aromatic rings. The maximum Gasteiger partial charge on any atom is 0.0689 e. The Labute approximate surface area is 32.7 Å². The topological polar surface area (TPSA) is 26.0 Å². The summed E-state index contributed by atoms with van der Waals surface area (Å²) in [6.07, 6.45) is 0. The largest absolute Gasteiger partial charge is 0.358 e. The zero-order chi connectivity index (χ0) is 2.71. The predicted octanol–water partition coefficient (Wildman–Crippen LogP) is -2.05. The molecule has 0 heterocycles. The van der Waals surface area contributed by atoms with Crippen LogP contribution < -0.4 is 5.40 Å². The fourth-order valence-corrected chi connectivity index (χ4v) is 0. The van der Waals surface area contributed by atoms with E-state index in [9.17, 15) is 0 Å². The second-order valence-electron chi connectivity index (χ2n) is 0.408. The van der Waals surface area contributed by atoms with Crippen LogP contribution in [0.1, 0.15) is 7.43 Å². The molecule has 0 fully saturated rings. The van der Waals surface area contributed by atoms with Crippen LogP contribution in [0.15, 0.2) is 0 Å². The Morgan fingerprint density at radius 2 is 1.75 bits per heavy atom. The van der Waals surface area contributed by atoms with Gasteiger partial charge in [-0.05, 0) is 0 Å². The van der Waals surface area contributed by atoms with Gasteiger partial charge in [0.15, 0.2) is 0 Å². The first-order valence-electron chi connectivity index (χ1n) is 1.12. The third-order valence-corrected chi connectivity index (χ3v) is 0. The van der Waals surface area contributed by atoms with E-state index in [1.165, 1.54) is 9.76 Å². The van der Waals surface area contributed by atoms with Crippen LogP contribution in [0.2, 0.25) is 0 Å². The smallest absolute Gasteiger partial charge is 0.0689 e. The summed E-state index contributed by atoms with van der Waals surface area (Å²) in [6, 6.07) is 0. The van der Waals surface area contributed by atoms with Gasteiger partial charge >= 0.3 is 0 Å². The predicted molar refractivity (Wildman–Crippen MR) is 29.4 cm³/mol. The molecular formula is CH11NSi2. The molecule has 0 saturated carbocycles. The number of hydrogen-bond acceptors (Lipinski definition) is 1. The second-order valence-corrected chi connectivity index (χ2v) is 3.67. The standard InChI is InChI=1S/CH4.H7NSi2/c;1-3-2/h1H4;1,3H2,2H3. The molecule has 0 atom stereocenters. The van der Waals surface area contributed by atoms with E-state index in [4.69, 9.17) is 5.40 Å². The number of nitrogens with two attached hydrogens (primary N) is 1. The summed E-state index contributed by atoms with van der Waals surface area (Å²) in [5, 5.41) is 5.05. The third kappa shape index (κ3) is 30.0. The van der Waals surface area contributed by atoms with Gasteiger partial charge < -0.3 is 5.40 Å². The molecule has 0 aliphatic heterocycles. The van der Waals surface area contributed by atoms with Gasteiger partial charge in [-0.25, -0.2) is 0 Å². The zero-order valence-corrected chi connectivity index (χ0v) is 5.70. The molecule has 0 aromatic heterocycles. The maximum absolute atomic E-state index is 5.05. The molecule has 3 heteroatoms. The Balaban J connectivity index is 0. The van der Waals surface area contributed by atoms with E-state index in [2.05, 4.69) is 0 Å². The van der Waals surface area contributed by atoms with Crippen molar-refractivity contribution in [3.63, 3.8) is 0 Å². The van der Waals surface area contributed by atoms with Crippen LogP contribution in [0, 0.1) is 0 Å². The van der Waals surface area contributed by atoms with E-state index in [1.54, 1.807) is 0 Å². The highest BCUT2D eigenvalue weighted by Crippen LogP contribution is 0.912. The van der Waals surface area contributed by atoms with Crippen LogP contribution in [0.4, 0.5) is 0 Å². The minimum Gasteiger partial charge on any atom is -0.358 e. The van der Waals surface area contributed by atoms with Crippen molar-refractivity contribution >= 4 is 19.0 Å². The van der Waals surface area contributed by atoms with Gasteiger partial charge in [0.25, 0.3) is 0 Å². The molecule has 0 aliphatic rings. The first kappa shape index (κ1) is 8.83. The lowest BCUT2D eigenvalue weighted by atomic mass is 12.0. The minimum absolute atomic E-state index is 0. The van der Waals surface area contributed by atoms with Crippen LogP contribution in [-0.4, -0.2) is 19.0 Å². The van der Waals surface area contributed by atoms with Crippen molar-refractivity contribution < 1.29 is 0 Å². The molecule has 2 N–H and O–H groups in total. The molecule has 0 unspecified atom stereocenters. The van der Waals surface area contributed by atoms with E-state index >= 15 is 0 Å². The molecule has 0 radical (unpaired) electrons. The highest BCUT2D eigenvalue weighted by molar-refractivity contribution is 6.87. The van der Waals surface area contributed by atoms with Crippen molar-refractivity contribution in [1.29, 1.82) is 0 Å². The molecule has 0 rings (SSSR count). The summed E-state index contributed by atoms with van der Waals surface area (Å²) in [4.78, 5) is 0. The summed E-state index contributed by atoms with van der Waals surface area (Å²) in [7, 11) is 1.34. The molecule has 0 saturated heterocycles. The summed E-state index contributed by atoms with van der Waals surface area (Å²) in [6.45, 7) is 0. The Morgan fingerprint density at radius 1 is 1.75 bits per heavy atom. The molecule has 28 valence electrons. The molecule has 4 heavy (non-hydrogen) atoms. The molecule has 0 bridgehead atoms. The molecular weight excluding hydrogens is 82.2 g/mol. The minimum atomic E-state index is 0. The molecule has 0 spiro atoms. The van der Waals surface area contributed by atoms with Crippen LogP contribution >= 0.6 is 0 Å². The summed E-state index contributed by atoms with van der Waals surface area (Å²) in [5.41, 5.74) is 0. The lowest BCUT2D eigenvalue weighted by molar-refractivity contribution is 1.98. The fourth-order valence-electron chi connectivity index (χ4n) is 0. The quantitative estimate of drug-likeness (QED) is 0.343. The van der Waals surface area contributed by atoms with Crippen molar-refractivity contribution in [2.45, 2.75) is 7.43 Å². The van der Waals surface area contributed by atoms with Crippen molar-refractivity contribution in [2.75, 3.05) is 0 Å². The summed E-state index contributed by atoms with van der Waals surface area (Å²) < 4.78 is 0. The Bertz CT molecular complexity index is 6.00. The van der Waals surface area contributed by atoms with Gasteiger partial charge in [-0.3, -0.25) is 0 Å². The third-order valence-electron chi connectivity index (χ3n) is 0.